The lowest BCUT2D eigenvalue weighted by Crippen LogP contribution is -2.03. The van der Waals surface area contributed by atoms with E-state index in [0.29, 0.717) is 11.3 Å². The van der Waals surface area contributed by atoms with Gasteiger partial charge in [-0.2, -0.15) is 0 Å². The smallest absolute Gasteiger partial charge is 0.337 e. The lowest BCUT2D eigenvalue weighted by atomic mass is 10.1. The number of aryl methyl sites for hydroxylation is 1. The molecule has 19 heavy (non-hydrogen) atoms. The molecule has 0 aliphatic heterocycles. The van der Waals surface area contributed by atoms with Crippen LogP contribution in [0.25, 0.3) is 11.3 Å². The predicted octanol–water partition coefficient (Wildman–Crippen LogP) is 1.95. The summed E-state index contributed by atoms with van der Waals surface area (Å²) in [6.45, 7) is 1.87. The van der Waals surface area contributed by atoms with Crippen LogP contribution < -0.4 is 10.5 Å². The van der Waals surface area contributed by atoms with Crippen LogP contribution in [0.4, 0.5) is 11.5 Å². The fraction of sp³-hybridized carbons (Fsp3) is 0.167. The van der Waals surface area contributed by atoms with Gasteiger partial charge in [-0.1, -0.05) is 11.6 Å². The number of nitrogens with zero attached hydrogens (tertiary/aromatic N) is 3. The Kier molecular flexibility index (Phi) is 3.28. The third-order valence-electron chi connectivity index (χ3n) is 2.64. The Labute approximate surface area is 109 Å². The van der Waals surface area contributed by atoms with Crippen LogP contribution in [0, 0.1) is 17.0 Å². The van der Waals surface area contributed by atoms with Crippen LogP contribution in [0.15, 0.2) is 24.5 Å². The number of rotatable bonds is 3. The summed E-state index contributed by atoms with van der Waals surface area (Å²) < 4.78 is 5.21. The Bertz CT molecular complexity index is 643. The van der Waals surface area contributed by atoms with Gasteiger partial charge in [0.25, 0.3) is 0 Å². The van der Waals surface area contributed by atoms with E-state index in [1.807, 2.05) is 13.0 Å². The average Bonchev–Trinajstić information content (AvgIpc) is 2.37. The number of nitro groups is 1. The molecule has 0 radical (unpaired) electrons. The summed E-state index contributed by atoms with van der Waals surface area (Å²) in [5.41, 5.74) is 6.84. The zero-order valence-corrected chi connectivity index (χ0v) is 10.5. The van der Waals surface area contributed by atoms with Gasteiger partial charge in [0.15, 0.2) is 5.69 Å². The molecule has 1 heterocycles. The summed E-state index contributed by atoms with van der Waals surface area (Å²) in [5.74, 6) is 0.324. The van der Waals surface area contributed by atoms with Crippen molar-refractivity contribution in [3.05, 3.63) is 40.2 Å². The Hall–Kier alpha value is -2.70. The van der Waals surface area contributed by atoms with Crippen molar-refractivity contribution < 1.29 is 9.66 Å². The SMILES string of the molecule is COc1ccc(C)cc1-c1ncnc(N)c1[N+](=O)[O-]. The minimum Gasteiger partial charge on any atom is -0.496 e. The van der Waals surface area contributed by atoms with Crippen LogP contribution in [-0.2, 0) is 0 Å². The molecule has 1 aromatic heterocycles. The largest absolute Gasteiger partial charge is 0.496 e. The number of methoxy groups -OCH3 is 1. The first-order valence-electron chi connectivity index (χ1n) is 5.44. The van der Waals surface area contributed by atoms with E-state index in [9.17, 15) is 10.1 Å². The van der Waals surface area contributed by atoms with E-state index in [1.165, 1.54) is 13.4 Å². The van der Waals surface area contributed by atoms with Gasteiger partial charge in [0.2, 0.25) is 5.82 Å². The molecule has 7 heteroatoms. The second-order valence-electron chi connectivity index (χ2n) is 3.92. The Morgan fingerprint density at radius 1 is 1.37 bits per heavy atom. The molecule has 0 amide bonds. The van der Waals surface area contributed by atoms with Gasteiger partial charge < -0.3 is 10.5 Å². The molecular formula is C12H12N4O3. The highest BCUT2D eigenvalue weighted by Gasteiger charge is 2.24. The van der Waals surface area contributed by atoms with Crippen LogP contribution in [0.3, 0.4) is 0 Å². The number of benzene rings is 1. The van der Waals surface area contributed by atoms with E-state index in [-0.39, 0.29) is 17.2 Å². The van der Waals surface area contributed by atoms with Crippen molar-refractivity contribution in [2.24, 2.45) is 0 Å². The second-order valence-corrected chi connectivity index (χ2v) is 3.92. The predicted molar refractivity (Wildman–Crippen MR) is 69.8 cm³/mol. The van der Waals surface area contributed by atoms with Crippen molar-refractivity contribution in [1.82, 2.24) is 9.97 Å². The van der Waals surface area contributed by atoms with Crippen LogP contribution in [0.1, 0.15) is 5.56 Å². The van der Waals surface area contributed by atoms with Crippen LogP contribution in [0.5, 0.6) is 5.75 Å². The summed E-state index contributed by atoms with van der Waals surface area (Å²) in [5, 5.41) is 11.1. The molecular weight excluding hydrogens is 248 g/mol. The molecule has 2 rings (SSSR count). The lowest BCUT2D eigenvalue weighted by Gasteiger charge is -2.09. The Morgan fingerprint density at radius 2 is 2.11 bits per heavy atom. The lowest BCUT2D eigenvalue weighted by molar-refractivity contribution is -0.383. The van der Waals surface area contributed by atoms with Crippen LogP contribution >= 0.6 is 0 Å². The molecule has 2 aromatic rings. The summed E-state index contributed by atoms with van der Waals surface area (Å²) in [4.78, 5) is 18.1. The topological polar surface area (TPSA) is 104 Å². The molecule has 0 spiro atoms. The van der Waals surface area contributed by atoms with E-state index < -0.39 is 4.92 Å². The number of hydrogen-bond donors (Lipinski definition) is 1. The number of nitrogen functional groups attached to an aromatic ring is 1. The summed E-state index contributed by atoms with van der Waals surface area (Å²) in [7, 11) is 1.49. The number of ether oxygens (including phenoxy) is 1. The summed E-state index contributed by atoms with van der Waals surface area (Å²) in [6.07, 6.45) is 1.19. The zero-order chi connectivity index (χ0) is 14.0. The highest BCUT2D eigenvalue weighted by molar-refractivity contribution is 5.79. The van der Waals surface area contributed by atoms with E-state index in [4.69, 9.17) is 10.5 Å². The molecule has 0 saturated heterocycles. The van der Waals surface area contributed by atoms with E-state index >= 15 is 0 Å². The zero-order valence-electron chi connectivity index (χ0n) is 10.5. The quantitative estimate of drug-likeness (QED) is 0.668. The molecule has 0 aliphatic carbocycles. The number of hydrogen-bond acceptors (Lipinski definition) is 6. The van der Waals surface area contributed by atoms with E-state index in [1.54, 1.807) is 12.1 Å². The molecule has 0 fully saturated rings. The number of anilines is 1. The molecule has 0 unspecified atom stereocenters. The highest BCUT2D eigenvalue weighted by Crippen LogP contribution is 2.36. The van der Waals surface area contributed by atoms with Gasteiger partial charge >= 0.3 is 5.69 Å². The van der Waals surface area contributed by atoms with Gasteiger partial charge in [0.05, 0.1) is 12.0 Å². The molecule has 7 nitrogen and oxygen atoms in total. The van der Waals surface area contributed by atoms with Crippen molar-refractivity contribution in [2.75, 3.05) is 12.8 Å². The third kappa shape index (κ3) is 2.30. The van der Waals surface area contributed by atoms with Crippen LogP contribution in [-0.4, -0.2) is 22.0 Å². The van der Waals surface area contributed by atoms with Crippen molar-refractivity contribution in [3.63, 3.8) is 0 Å². The molecule has 0 saturated carbocycles. The fourth-order valence-corrected chi connectivity index (χ4v) is 1.78. The average molecular weight is 260 g/mol. The first-order valence-corrected chi connectivity index (χ1v) is 5.44. The van der Waals surface area contributed by atoms with Crippen LogP contribution in [0.2, 0.25) is 0 Å². The van der Waals surface area contributed by atoms with E-state index in [0.717, 1.165) is 5.56 Å². The molecule has 98 valence electrons. The van der Waals surface area contributed by atoms with Crippen molar-refractivity contribution >= 4 is 11.5 Å². The van der Waals surface area contributed by atoms with Gasteiger partial charge in [0, 0.05) is 5.56 Å². The van der Waals surface area contributed by atoms with Gasteiger partial charge in [-0.25, -0.2) is 9.97 Å². The maximum atomic E-state index is 11.1. The number of aromatic nitrogens is 2. The normalized spacial score (nSPS) is 10.2. The van der Waals surface area contributed by atoms with Crippen molar-refractivity contribution in [2.45, 2.75) is 6.92 Å². The van der Waals surface area contributed by atoms with Gasteiger partial charge in [-0.05, 0) is 19.1 Å². The highest BCUT2D eigenvalue weighted by atomic mass is 16.6. The Balaban J connectivity index is 2.75. The Morgan fingerprint density at radius 3 is 2.74 bits per heavy atom. The molecule has 1 aromatic carbocycles. The third-order valence-corrected chi connectivity index (χ3v) is 2.64. The standard InChI is InChI=1S/C12H12N4O3/c1-7-3-4-9(19-2)8(5-7)10-11(16(17)18)12(13)15-6-14-10/h3-6H,1-2H3,(H2,13,14,15). The maximum Gasteiger partial charge on any atom is 0.337 e. The summed E-state index contributed by atoms with van der Waals surface area (Å²) in [6, 6.07) is 5.33. The van der Waals surface area contributed by atoms with Gasteiger partial charge in [0.1, 0.15) is 12.1 Å². The molecule has 2 N–H and O–H groups in total. The van der Waals surface area contributed by atoms with Gasteiger partial charge in [-0.15, -0.1) is 0 Å². The summed E-state index contributed by atoms with van der Waals surface area (Å²) >= 11 is 0. The van der Waals surface area contributed by atoms with Gasteiger partial charge in [-0.3, -0.25) is 10.1 Å². The fourth-order valence-electron chi connectivity index (χ4n) is 1.78. The minimum atomic E-state index is -0.591. The molecule has 0 aliphatic rings. The second kappa shape index (κ2) is 4.89. The van der Waals surface area contributed by atoms with E-state index in [2.05, 4.69) is 9.97 Å². The minimum absolute atomic E-state index is 0.151. The number of nitrogens with two attached hydrogens (primary N) is 1. The van der Waals surface area contributed by atoms with Crippen molar-refractivity contribution in [1.29, 1.82) is 0 Å². The molecule has 0 bridgehead atoms. The first-order chi connectivity index (χ1) is 9.04. The molecule has 0 atom stereocenters. The first kappa shape index (κ1) is 12.7. The maximum absolute atomic E-state index is 11.1. The monoisotopic (exact) mass is 260 g/mol. The van der Waals surface area contributed by atoms with Crippen molar-refractivity contribution in [3.8, 4) is 17.0 Å².